The third kappa shape index (κ3) is 4.06. The van der Waals surface area contributed by atoms with Gasteiger partial charge in [0.1, 0.15) is 11.4 Å². The Hall–Kier alpha value is -4.60. The molecule has 1 aliphatic heterocycles. The van der Waals surface area contributed by atoms with Crippen molar-refractivity contribution in [3.63, 3.8) is 0 Å². The molecule has 0 bridgehead atoms. The van der Waals surface area contributed by atoms with Crippen LogP contribution in [0.2, 0.25) is 0 Å². The molecule has 0 atom stereocenters. The molecule has 0 aliphatic carbocycles. The fourth-order valence-electron chi connectivity index (χ4n) is 4.44. The smallest absolute Gasteiger partial charge is 0.295 e. The van der Waals surface area contributed by atoms with Crippen LogP contribution in [0.5, 0.6) is 0 Å². The van der Waals surface area contributed by atoms with Gasteiger partial charge in [-0.3, -0.25) is 24.2 Å². The van der Waals surface area contributed by atoms with Crippen molar-refractivity contribution in [3.8, 4) is 11.4 Å². The van der Waals surface area contributed by atoms with Crippen molar-refractivity contribution in [3.05, 3.63) is 82.2 Å². The second-order valence-corrected chi connectivity index (χ2v) is 8.74. The van der Waals surface area contributed by atoms with Gasteiger partial charge in [-0.1, -0.05) is 18.2 Å². The summed E-state index contributed by atoms with van der Waals surface area (Å²) in [6.45, 7) is 3.08. The van der Waals surface area contributed by atoms with Gasteiger partial charge in [-0.05, 0) is 24.6 Å². The SMILES string of the molecule is Cc1cnc(-c2cn(C)c(=O)cn2)c2[nH]cc(C(=O)C(=O)N3CCN(C(=O)c4ccccc4)CC3)c12. The molecule has 4 aromatic rings. The number of Topliss-reactive ketones (excluding diaryl/α,β-unsaturated/α-hetero) is 1. The predicted octanol–water partition coefficient (Wildman–Crippen LogP) is 1.80. The van der Waals surface area contributed by atoms with E-state index in [0.29, 0.717) is 40.9 Å². The molecule has 5 rings (SSSR count). The summed E-state index contributed by atoms with van der Waals surface area (Å²) < 4.78 is 1.40. The number of nitrogens with zero attached hydrogens (tertiary/aromatic N) is 5. The Morgan fingerprint density at radius 1 is 0.944 bits per heavy atom. The maximum Gasteiger partial charge on any atom is 0.295 e. The van der Waals surface area contributed by atoms with Crippen molar-refractivity contribution in [2.75, 3.05) is 26.2 Å². The van der Waals surface area contributed by atoms with E-state index in [-0.39, 0.29) is 30.1 Å². The maximum absolute atomic E-state index is 13.3. The van der Waals surface area contributed by atoms with Gasteiger partial charge in [-0.25, -0.2) is 4.98 Å². The van der Waals surface area contributed by atoms with Crippen LogP contribution in [0.3, 0.4) is 0 Å². The van der Waals surface area contributed by atoms with Crippen molar-refractivity contribution in [2.24, 2.45) is 7.05 Å². The van der Waals surface area contributed by atoms with Crippen molar-refractivity contribution >= 4 is 28.5 Å². The first-order valence-corrected chi connectivity index (χ1v) is 11.5. The van der Waals surface area contributed by atoms with Gasteiger partial charge in [0.15, 0.2) is 0 Å². The molecule has 1 N–H and O–H groups in total. The lowest BCUT2D eigenvalue weighted by molar-refractivity contribution is -0.127. The number of rotatable bonds is 4. The normalized spacial score (nSPS) is 13.7. The predicted molar refractivity (Wildman–Crippen MR) is 133 cm³/mol. The third-order valence-electron chi connectivity index (χ3n) is 6.43. The molecule has 3 aromatic heterocycles. The van der Waals surface area contributed by atoms with Crippen LogP contribution >= 0.6 is 0 Å². The summed E-state index contributed by atoms with van der Waals surface area (Å²) >= 11 is 0. The first kappa shape index (κ1) is 23.2. The number of aromatic amines is 1. The molecule has 0 unspecified atom stereocenters. The zero-order valence-electron chi connectivity index (χ0n) is 19.9. The summed E-state index contributed by atoms with van der Waals surface area (Å²) in [6, 6.07) is 8.99. The minimum Gasteiger partial charge on any atom is -0.359 e. The largest absolute Gasteiger partial charge is 0.359 e. The molecule has 1 fully saturated rings. The van der Waals surface area contributed by atoms with E-state index in [9.17, 15) is 19.2 Å². The van der Waals surface area contributed by atoms with Crippen LogP contribution in [0.1, 0.15) is 26.3 Å². The highest BCUT2D eigenvalue weighted by atomic mass is 16.2. The van der Waals surface area contributed by atoms with Gasteiger partial charge >= 0.3 is 0 Å². The number of fused-ring (bicyclic) bond motifs is 1. The molecule has 10 nitrogen and oxygen atoms in total. The van der Waals surface area contributed by atoms with E-state index in [1.807, 2.05) is 25.1 Å². The molecule has 0 spiro atoms. The highest BCUT2D eigenvalue weighted by molar-refractivity contribution is 6.45. The molecule has 1 aliphatic rings. The second-order valence-electron chi connectivity index (χ2n) is 8.74. The van der Waals surface area contributed by atoms with Crippen molar-refractivity contribution in [1.82, 2.24) is 29.3 Å². The van der Waals surface area contributed by atoms with E-state index in [1.54, 1.807) is 36.5 Å². The first-order valence-electron chi connectivity index (χ1n) is 11.5. The summed E-state index contributed by atoms with van der Waals surface area (Å²) in [7, 11) is 1.62. The molecular formula is C26H24N6O4. The number of ketones is 1. The molecule has 4 heterocycles. The fourth-order valence-corrected chi connectivity index (χ4v) is 4.44. The molecule has 0 saturated carbocycles. The number of hydrogen-bond donors (Lipinski definition) is 1. The molecule has 2 amide bonds. The number of H-pyrrole nitrogens is 1. The number of piperazine rings is 1. The van der Waals surface area contributed by atoms with Crippen LogP contribution < -0.4 is 5.56 Å². The number of aromatic nitrogens is 4. The Bertz CT molecular complexity index is 1550. The number of hydrogen-bond acceptors (Lipinski definition) is 6. The highest BCUT2D eigenvalue weighted by Crippen LogP contribution is 2.29. The van der Waals surface area contributed by atoms with Gasteiger partial charge in [0, 0.05) is 62.8 Å². The van der Waals surface area contributed by atoms with Gasteiger partial charge in [-0.15, -0.1) is 0 Å². The Balaban J connectivity index is 1.37. The van der Waals surface area contributed by atoms with E-state index in [0.717, 1.165) is 5.56 Å². The molecular weight excluding hydrogens is 460 g/mol. The summed E-state index contributed by atoms with van der Waals surface area (Å²) in [5, 5.41) is 0.590. The Labute approximate surface area is 206 Å². The van der Waals surface area contributed by atoms with Crippen LogP contribution in [-0.4, -0.2) is 73.1 Å². The maximum atomic E-state index is 13.3. The number of carbonyl (C=O) groups excluding carboxylic acids is 3. The van der Waals surface area contributed by atoms with Crippen LogP contribution in [-0.2, 0) is 11.8 Å². The van der Waals surface area contributed by atoms with E-state index < -0.39 is 11.7 Å². The summed E-state index contributed by atoms with van der Waals surface area (Å²) in [5.41, 5.74) is 2.84. The quantitative estimate of drug-likeness (QED) is 0.348. The standard InChI is InChI=1S/C26H24N6O4/c1-16-12-28-22(19-15-30(2)20(33)14-27-19)23-21(16)18(13-29-23)24(34)26(36)32-10-8-31(9-11-32)25(35)17-6-4-3-5-7-17/h3-7,12-15,29H,8-11H2,1-2H3. The van der Waals surface area contributed by atoms with Gasteiger partial charge in [0.2, 0.25) is 0 Å². The summed E-state index contributed by atoms with van der Waals surface area (Å²) in [5.74, 6) is -1.33. The van der Waals surface area contributed by atoms with Gasteiger partial charge in [0.25, 0.3) is 23.2 Å². The summed E-state index contributed by atoms with van der Waals surface area (Å²) in [4.78, 5) is 65.7. The summed E-state index contributed by atoms with van der Waals surface area (Å²) in [6.07, 6.45) is 5.92. The molecule has 0 radical (unpaired) electrons. The lowest BCUT2D eigenvalue weighted by Gasteiger charge is -2.34. The molecule has 182 valence electrons. The Morgan fingerprint density at radius 3 is 2.33 bits per heavy atom. The van der Waals surface area contributed by atoms with E-state index in [4.69, 9.17) is 0 Å². The monoisotopic (exact) mass is 484 g/mol. The Kier molecular flexibility index (Phi) is 5.93. The second kappa shape index (κ2) is 9.21. The van der Waals surface area contributed by atoms with Gasteiger partial charge < -0.3 is 19.4 Å². The highest BCUT2D eigenvalue weighted by Gasteiger charge is 2.31. The average Bonchev–Trinajstić information content (AvgIpc) is 3.36. The van der Waals surface area contributed by atoms with Crippen LogP contribution in [0, 0.1) is 6.92 Å². The van der Waals surface area contributed by atoms with Gasteiger partial charge in [0.05, 0.1) is 17.3 Å². The number of carbonyl (C=O) groups is 3. The van der Waals surface area contributed by atoms with E-state index in [2.05, 4.69) is 15.0 Å². The topological polar surface area (TPSA) is 121 Å². The van der Waals surface area contributed by atoms with Crippen LogP contribution in [0.4, 0.5) is 0 Å². The molecule has 1 saturated heterocycles. The number of nitrogens with one attached hydrogen (secondary N) is 1. The molecule has 36 heavy (non-hydrogen) atoms. The zero-order valence-corrected chi connectivity index (χ0v) is 19.9. The van der Waals surface area contributed by atoms with Crippen LogP contribution in [0.25, 0.3) is 22.3 Å². The Morgan fingerprint density at radius 2 is 1.64 bits per heavy atom. The molecule has 1 aromatic carbocycles. The number of aryl methyl sites for hydroxylation is 2. The fraction of sp³-hybridized carbons (Fsp3) is 0.231. The molecule has 10 heteroatoms. The third-order valence-corrected chi connectivity index (χ3v) is 6.43. The first-order chi connectivity index (χ1) is 17.3. The van der Waals surface area contributed by atoms with Gasteiger partial charge in [-0.2, -0.15) is 0 Å². The average molecular weight is 485 g/mol. The number of amides is 2. The minimum absolute atomic E-state index is 0.0895. The van der Waals surface area contributed by atoms with E-state index >= 15 is 0 Å². The zero-order chi connectivity index (χ0) is 25.4. The lowest BCUT2D eigenvalue weighted by atomic mass is 10.0. The van der Waals surface area contributed by atoms with Crippen molar-refractivity contribution in [1.29, 1.82) is 0 Å². The van der Waals surface area contributed by atoms with E-state index in [1.165, 1.54) is 21.9 Å². The number of benzene rings is 1. The van der Waals surface area contributed by atoms with Crippen molar-refractivity contribution in [2.45, 2.75) is 6.92 Å². The number of pyridine rings is 1. The van der Waals surface area contributed by atoms with Crippen LogP contribution in [0.15, 0.2) is 59.9 Å². The minimum atomic E-state index is -0.627. The van der Waals surface area contributed by atoms with Crippen molar-refractivity contribution < 1.29 is 14.4 Å². The lowest BCUT2D eigenvalue weighted by Crippen LogP contribution is -2.52.